The minimum atomic E-state index is -0.566. The van der Waals surface area contributed by atoms with Crippen LogP contribution in [0, 0.1) is 17.1 Å². The van der Waals surface area contributed by atoms with E-state index in [2.05, 4.69) is 6.07 Å². The zero-order valence-corrected chi connectivity index (χ0v) is 13.2. The first-order valence-electron chi connectivity index (χ1n) is 7.36. The summed E-state index contributed by atoms with van der Waals surface area (Å²) >= 11 is 1.42. The quantitative estimate of drug-likeness (QED) is 0.861. The first kappa shape index (κ1) is 15.5. The molecule has 23 heavy (non-hydrogen) atoms. The highest BCUT2D eigenvalue weighted by Crippen LogP contribution is 2.22. The molecule has 0 unspecified atom stereocenters. The Hall–Kier alpha value is -2.39. The number of carbonyl (C=O) groups is 1. The molecular weight excluding hydrogens is 315 g/mol. The lowest BCUT2D eigenvalue weighted by atomic mass is 10.2. The molecule has 1 fully saturated rings. The van der Waals surface area contributed by atoms with Gasteiger partial charge < -0.3 is 9.64 Å². The van der Waals surface area contributed by atoms with E-state index in [9.17, 15) is 9.18 Å². The van der Waals surface area contributed by atoms with Crippen LogP contribution in [0.2, 0.25) is 0 Å². The van der Waals surface area contributed by atoms with E-state index in [4.69, 9.17) is 10.00 Å². The molecule has 0 aliphatic carbocycles. The zero-order chi connectivity index (χ0) is 16.2. The Morgan fingerprint density at radius 3 is 2.78 bits per heavy atom. The number of benzene rings is 1. The number of nitrogens with zero attached hydrogens (tertiary/aromatic N) is 2. The number of nitriles is 1. The van der Waals surface area contributed by atoms with Crippen LogP contribution in [-0.2, 0) is 6.61 Å². The van der Waals surface area contributed by atoms with E-state index in [-0.39, 0.29) is 18.1 Å². The summed E-state index contributed by atoms with van der Waals surface area (Å²) < 4.78 is 19.7. The third kappa shape index (κ3) is 3.51. The molecule has 0 bridgehead atoms. The van der Waals surface area contributed by atoms with Crippen LogP contribution in [0.1, 0.15) is 33.6 Å². The minimum absolute atomic E-state index is 0.0853. The third-order valence-corrected chi connectivity index (χ3v) is 4.64. The molecule has 3 rings (SSSR count). The highest BCUT2D eigenvalue weighted by Gasteiger charge is 2.22. The number of likely N-dealkylation sites (tertiary alicyclic amines) is 1. The highest BCUT2D eigenvalue weighted by atomic mass is 32.1. The van der Waals surface area contributed by atoms with Crippen LogP contribution in [0.3, 0.4) is 0 Å². The number of thiophene rings is 1. The minimum Gasteiger partial charge on any atom is -0.488 e. The Morgan fingerprint density at radius 2 is 2.13 bits per heavy atom. The summed E-state index contributed by atoms with van der Waals surface area (Å²) in [5.41, 5.74) is 0.675. The molecule has 0 N–H and O–H groups in total. The van der Waals surface area contributed by atoms with Gasteiger partial charge in [0.2, 0.25) is 0 Å². The van der Waals surface area contributed by atoms with E-state index >= 15 is 0 Å². The van der Waals surface area contributed by atoms with Crippen LogP contribution in [-0.4, -0.2) is 23.9 Å². The summed E-state index contributed by atoms with van der Waals surface area (Å²) in [5, 5.41) is 10.5. The fourth-order valence-electron chi connectivity index (χ4n) is 2.52. The van der Waals surface area contributed by atoms with Crippen LogP contribution in [0.25, 0.3) is 0 Å². The fourth-order valence-corrected chi connectivity index (χ4v) is 3.24. The molecule has 0 atom stereocenters. The van der Waals surface area contributed by atoms with Crippen molar-refractivity contribution in [1.29, 1.82) is 5.26 Å². The third-order valence-electron chi connectivity index (χ3n) is 3.73. The molecule has 0 spiro atoms. The predicted octanol–water partition coefficient (Wildman–Crippen LogP) is 3.57. The van der Waals surface area contributed by atoms with Crippen molar-refractivity contribution in [1.82, 2.24) is 4.90 Å². The fraction of sp³-hybridized carbons (Fsp3) is 0.294. The second-order valence-electron chi connectivity index (χ2n) is 5.34. The van der Waals surface area contributed by atoms with Crippen LogP contribution >= 0.6 is 11.3 Å². The van der Waals surface area contributed by atoms with Gasteiger partial charge in [0.05, 0.1) is 11.1 Å². The summed E-state index contributed by atoms with van der Waals surface area (Å²) in [7, 11) is 0. The predicted molar refractivity (Wildman–Crippen MR) is 84.9 cm³/mol. The molecular formula is C17H15FN2O2S. The second-order valence-corrected chi connectivity index (χ2v) is 6.34. The maximum atomic E-state index is 14.2. The molecule has 1 amide bonds. The summed E-state index contributed by atoms with van der Waals surface area (Å²) in [5.74, 6) is -0.459. The van der Waals surface area contributed by atoms with E-state index in [1.807, 2.05) is 0 Å². The van der Waals surface area contributed by atoms with Gasteiger partial charge in [-0.05, 0) is 31.0 Å². The van der Waals surface area contributed by atoms with E-state index in [0.717, 1.165) is 17.7 Å². The summed E-state index contributed by atoms with van der Waals surface area (Å²) in [4.78, 5) is 14.8. The van der Waals surface area contributed by atoms with Gasteiger partial charge in [0, 0.05) is 29.4 Å². The molecule has 4 nitrogen and oxygen atoms in total. The molecule has 1 aliphatic heterocycles. The van der Waals surface area contributed by atoms with Gasteiger partial charge in [-0.3, -0.25) is 4.79 Å². The first-order valence-corrected chi connectivity index (χ1v) is 8.24. The van der Waals surface area contributed by atoms with Gasteiger partial charge in [0.15, 0.2) is 0 Å². The van der Waals surface area contributed by atoms with Crippen LogP contribution < -0.4 is 4.74 Å². The van der Waals surface area contributed by atoms with Gasteiger partial charge in [-0.1, -0.05) is 0 Å². The maximum Gasteiger partial charge on any atom is 0.256 e. The summed E-state index contributed by atoms with van der Waals surface area (Å²) in [6, 6.07) is 8.11. The SMILES string of the molecule is N#Cc1csc(COc2ccc(C(=O)N3CCCC3)c(F)c2)c1. The van der Waals surface area contributed by atoms with Crippen molar-refractivity contribution in [3.63, 3.8) is 0 Å². The number of rotatable bonds is 4. The molecule has 118 valence electrons. The smallest absolute Gasteiger partial charge is 0.256 e. The van der Waals surface area contributed by atoms with Crippen molar-refractivity contribution in [3.8, 4) is 11.8 Å². The van der Waals surface area contributed by atoms with E-state index < -0.39 is 5.82 Å². The van der Waals surface area contributed by atoms with Gasteiger partial charge in [-0.25, -0.2) is 4.39 Å². The lowest BCUT2D eigenvalue weighted by molar-refractivity contribution is 0.0788. The van der Waals surface area contributed by atoms with Crippen LogP contribution in [0.15, 0.2) is 29.6 Å². The highest BCUT2D eigenvalue weighted by molar-refractivity contribution is 7.10. The monoisotopic (exact) mass is 330 g/mol. The van der Waals surface area contributed by atoms with E-state index in [1.165, 1.54) is 23.5 Å². The van der Waals surface area contributed by atoms with Crippen molar-refractivity contribution in [2.75, 3.05) is 13.1 Å². The molecule has 1 aromatic heterocycles. The first-order chi connectivity index (χ1) is 11.2. The van der Waals surface area contributed by atoms with Crippen LogP contribution in [0.5, 0.6) is 5.75 Å². The van der Waals surface area contributed by atoms with Gasteiger partial charge in [-0.15, -0.1) is 11.3 Å². The standard InChI is InChI=1S/C17H15FN2O2S/c18-16-8-13(22-10-14-7-12(9-19)11-23-14)3-4-15(16)17(21)20-5-1-2-6-20/h3-4,7-8,11H,1-2,5-6,10H2. The maximum absolute atomic E-state index is 14.2. The number of ether oxygens (including phenoxy) is 1. The Labute approximate surface area is 137 Å². The molecule has 0 radical (unpaired) electrons. The topological polar surface area (TPSA) is 53.3 Å². The molecule has 1 saturated heterocycles. The molecule has 2 heterocycles. The van der Waals surface area contributed by atoms with Crippen molar-refractivity contribution >= 4 is 17.2 Å². The molecule has 6 heteroatoms. The summed E-state index contributed by atoms with van der Waals surface area (Å²) in [6.45, 7) is 1.65. The van der Waals surface area contributed by atoms with Gasteiger partial charge in [0.25, 0.3) is 5.91 Å². The number of halogens is 1. The van der Waals surface area contributed by atoms with Crippen molar-refractivity contribution < 1.29 is 13.9 Å². The van der Waals surface area contributed by atoms with Crippen molar-refractivity contribution in [3.05, 3.63) is 51.5 Å². The number of carbonyl (C=O) groups excluding carboxylic acids is 1. The number of hydrogen-bond donors (Lipinski definition) is 0. The van der Waals surface area contributed by atoms with E-state index in [1.54, 1.807) is 22.4 Å². The Morgan fingerprint density at radius 1 is 1.35 bits per heavy atom. The van der Waals surface area contributed by atoms with Crippen LogP contribution in [0.4, 0.5) is 4.39 Å². The van der Waals surface area contributed by atoms with Gasteiger partial charge >= 0.3 is 0 Å². The van der Waals surface area contributed by atoms with Crippen molar-refractivity contribution in [2.24, 2.45) is 0 Å². The molecule has 1 aromatic carbocycles. The average molecular weight is 330 g/mol. The average Bonchev–Trinajstić information content (AvgIpc) is 3.24. The molecule has 0 saturated carbocycles. The zero-order valence-electron chi connectivity index (χ0n) is 12.4. The lowest BCUT2D eigenvalue weighted by Crippen LogP contribution is -2.28. The number of amides is 1. The summed E-state index contributed by atoms with van der Waals surface area (Å²) in [6.07, 6.45) is 1.94. The van der Waals surface area contributed by atoms with E-state index in [0.29, 0.717) is 24.4 Å². The number of hydrogen-bond acceptors (Lipinski definition) is 4. The van der Waals surface area contributed by atoms with Gasteiger partial charge in [0.1, 0.15) is 24.2 Å². The molecule has 2 aromatic rings. The Bertz CT molecular complexity index is 760. The Balaban J connectivity index is 1.66. The Kier molecular flexibility index (Phi) is 4.58. The second kappa shape index (κ2) is 6.80. The lowest BCUT2D eigenvalue weighted by Gasteiger charge is -2.16. The van der Waals surface area contributed by atoms with Gasteiger partial charge in [-0.2, -0.15) is 5.26 Å². The van der Waals surface area contributed by atoms with Crippen molar-refractivity contribution in [2.45, 2.75) is 19.4 Å². The largest absolute Gasteiger partial charge is 0.488 e. The molecule has 1 aliphatic rings. The normalized spacial score (nSPS) is 13.8.